The molecule has 73 heavy (non-hydrogen) atoms. The maximum Gasteiger partial charge on any atom is 0.306 e. The maximum absolute atomic E-state index is 13.5. The molecule has 0 aromatic carbocycles. The van der Waals surface area contributed by atoms with E-state index < -0.39 is 26.6 Å². The van der Waals surface area contributed by atoms with Crippen LogP contribution in [0.1, 0.15) is 252 Å². The molecule has 0 fully saturated rings. The summed E-state index contributed by atoms with van der Waals surface area (Å²) in [6, 6.07) is -0.903. The third-order valence-electron chi connectivity index (χ3n) is 12.8. The number of carbonyl (C=O) groups is 2. The van der Waals surface area contributed by atoms with Crippen molar-refractivity contribution in [2.75, 3.05) is 40.9 Å². The highest BCUT2D eigenvalue weighted by Crippen LogP contribution is 2.38. The van der Waals surface area contributed by atoms with Gasteiger partial charge in [-0.25, -0.2) is 0 Å². The van der Waals surface area contributed by atoms with Crippen LogP contribution in [0, 0.1) is 0 Å². The quantitative estimate of drug-likeness (QED) is 0.0212. The largest absolute Gasteiger partial charge is 0.756 e. The van der Waals surface area contributed by atoms with Gasteiger partial charge in [0.05, 0.1) is 33.8 Å². The smallest absolute Gasteiger partial charge is 0.306 e. The Labute approximate surface area is 450 Å². The molecule has 3 atom stereocenters. The van der Waals surface area contributed by atoms with E-state index in [0.717, 1.165) is 103 Å². The van der Waals surface area contributed by atoms with E-state index in [4.69, 9.17) is 13.8 Å². The summed E-state index contributed by atoms with van der Waals surface area (Å²) in [5.41, 5.74) is 0. The Hall–Kier alpha value is -2.81. The molecule has 0 radical (unpaired) electrons. The fourth-order valence-corrected chi connectivity index (χ4v) is 8.95. The number of rotatable bonds is 53. The molecule has 0 aliphatic rings. The van der Waals surface area contributed by atoms with Crippen molar-refractivity contribution < 1.29 is 37.3 Å². The Bertz CT molecular complexity index is 1530. The number of ether oxygens (including phenoxy) is 1. The zero-order chi connectivity index (χ0) is 53.6. The molecule has 3 unspecified atom stereocenters. The minimum atomic E-state index is -4.70. The number of unbranched alkanes of at least 4 members (excludes halogenated alkanes) is 25. The molecule has 0 saturated heterocycles. The Balaban J connectivity index is 5.26. The van der Waals surface area contributed by atoms with E-state index in [-0.39, 0.29) is 31.3 Å². The van der Waals surface area contributed by atoms with Crippen molar-refractivity contribution in [2.45, 2.75) is 264 Å². The van der Waals surface area contributed by atoms with Crippen molar-refractivity contribution in [2.24, 2.45) is 0 Å². The summed E-state index contributed by atoms with van der Waals surface area (Å²) >= 11 is 0. The van der Waals surface area contributed by atoms with E-state index in [1.165, 1.54) is 109 Å². The zero-order valence-corrected chi connectivity index (χ0v) is 49.0. The zero-order valence-electron chi connectivity index (χ0n) is 48.1. The number of carbonyl (C=O) groups excluding carboxylic acids is 2. The predicted octanol–water partition coefficient (Wildman–Crippen LogP) is 17.6. The lowest BCUT2D eigenvalue weighted by Gasteiger charge is -2.30. The highest BCUT2D eigenvalue weighted by molar-refractivity contribution is 7.45. The van der Waals surface area contributed by atoms with Crippen LogP contribution in [0.5, 0.6) is 0 Å². The van der Waals surface area contributed by atoms with Crippen LogP contribution in [0.25, 0.3) is 0 Å². The van der Waals surface area contributed by atoms with Crippen molar-refractivity contribution in [3.8, 4) is 0 Å². The number of nitrogens with zero attached hydrogens (tertiary/aromatic N) is 1. The lowest BCUT2D eigenvalue weighted by atomic mass is 10.0. The number of likely N-dealkylation sites (N-methyl/N-ethyl adjacent to an activating group) is 1. The molecular formula is C63H113N2O7P. The highest BCUT2D eigenvalue weighted by Gasteiger charge is 2.27. The van der Waals surface area contributed by atoms with Crippen LogP contribution in [0.15, 0.2) is 85.1 Å². The van der Waals surface area contributed by atoms with Crippen LogP contribution in [0.2, 0.25) is 0 Å². The predicted molar refractivity (Wildman–Crippen MR) is 311 cm³/mol. The van der Waals surface area contributed by atoms with Crippen LogP contribution < -0.4 is 10.2 Å². The SMILES string of the molecule is CC/C=C\C/C=C\C/C=C\C/C=C\C/C=C\C/C=C\CCCCCCC(=O)NC(COP(=O)([O-])OCC[N+](C)(C)C)C(/C=C\CCCCCCCCCCC)OC(=O)CCCCCCCCCCCCCCC. The summed E-state index contributed by atoms with van der Waals surface area (Å²) < 4.78 is 30.2. The second kappa shape index (κ2) is 52.6. The van der Waals surface area contributed by atoms with Gasteiger partial charge in [0.25, 0.3) is 7.82 Å². The number of allylic oxidation sites excluding steroid dienone is 13. The fraction of sp³-hybridized carbons (Fsp3) is 0.746. The van der Waals surface area contributed by atoms with Crippen LogP contribution in [0.3, 0.4) is 0 Å². The van der Waals surface area contributed by atoms with Gasteiger partial charge in [0.1, 0.15) is 19.3 Å². The monoisotopic (exact) mass is 1040 g/mol. The van der Waals surface area contributed by atoms with Gasteiger partial charge < -0.3 is 28.5 Å². The Morgan fingerprint density at radius 3 is 1.32 bits per heavy atom. The summed E-state index contributed by atoms with van der Waals surface area (Å²) in [5.74, 6) is -0.571. The topological polar surface area (TPSA) is 114 Å². The number of quaternary nitrogens is 1. The molecule has 10 heteroatoms. The number of phosphoric ester groups is 1. The first kappa shape index (κ1) is 70.2. The average Bonchev–Trinajstić information content (AvgIpc) is 3.35. The molecule has 0 aliphatic heterocycles. The van der Waals surface area contributed by atoms with Gasteiger partial charge in [0.2, 0.25) is 5.91 Å². The maximum atomic E-state index is 13.5. The molecular weight excluding hydrogens is 928 g/mol. The molecule has 1 N–H and O–H groups in total. The molecule has 9 nitrogen and oxygen atoms in total. The van der Waals surface area contributed by atoms with E-state index >= 15 is 0 Å². The van der Waals surface area contributed by atoms with Gasteiger partial charge in [-0.2, -0.15) is 0 Å². The molecule has 0 heterocycles. The van der Waals surface area contributed by atoms with Crippen molar-refractivity contribution in [3.63, 3.8) is 0 Å². The molecule has 0 rings (SSSR count). The second-order valence-corrected chi connectivity index (χ2v) is 22.5. The summed E-state index contributed by atoms with van der Waals surface area (Å²) in [5, 5.41) is 3.01. The molecule has 1 amide bonds. The van der Waals surface area contributed by atoms with Crippen LogP contribution >= 0.6 is 7.82 Å². The van der Waals surface area contributed by atoms with Gasteiger partial charge in [-0.05, 0) is 83.1 Å². The summed E-state index contributed by atoms with van der Waals surface area (Å²) in [6.07, 6.45) is 68.3. The van der Waals surface area contributed by atoms with E-state index in [0.29, 0.717) is 17.4 Å². The number of nitrogens with one attached hydrogen (secondary N) is 1. The highest BCUT2D eigenvalue weighted by atomic mass is 31.2. The normalized spacial score (nSPS) is 14.3. The molecule has 0 aromatic rings. The van der Waals surface area contributed by atoms with Crippen LogP contribution in [-0.2, 0) is 27.9 Å². The minimum absolute atomic E-state index is 0.0302. The Morgan fingerprint density at radius 1 is 0.493 bits per heavy atom. The van der Waals surface area contributed by atoms with Crippen molar-refractivity contribution in [1.29, 1.82) is 0 Å². The third-order valence-corrected chi connectivity index (χ3v) is 13.8. The number of hydrogen-bond donors (Lipinski definition) is 1. The van der Waals surface area contributed by atoms with Crippen molar-refractivity contribution >= 4 is 19.7 Å². The van der Waals surface area contributed by atoms with Crippen LogP contribution in [0.4, 0.5) is 0 Å². The van der Waals surface area contributed by atoms with Gasteiger partial charge >= 0.3 is 5.97 Å². The van der Waals surface area contributed by atoms with E-state index in [2.05, 4.69) is 99.0 Å². The van der Waals surface area contributed by atoms with E-state index in [9.17, 15) is 19.0 Å². The first-order chi connectivity index (χ1) is 35.4. The number of hydrogen-bond acceptors (Lipinski definition) is 7. The van der Waals surface area contributed by atoms with Gasteiger partial charge in [0, 0.05) is 12.8 Å². The first-order valence-electron chi connectivity index (χ1n) is 29.9. The van der Waals surface area contributed by atoms with Crippen LogP contribution in [-0.4, -0.2) is 69.4 Å². The molecule has 0 spiro atoms. The molecule has 0 saturated carbocycles. The Kier molecular flexibility index (Phi) is 50.6. The average molecular weight is 1040 g/mol. The molecule has 0 aliphatic carbocycles. The second-order valence-electron chi connectivity index (χ2n) is 21.1. The Morgan fingerprint density at radius 2 is 0.877 bits per heavy atom. The molecule has 0 bridgehead atoms. The fourth-order valence-electron chi connectivity index (χ4n) is 8.23. The van der Waals surface area contributed by atoms with E-state index in [1.54, 1.807) is 0 Å². The number of phosphoric acid groups is 1. The van der Waals surface area contributed by atoms with Gasteiger partial charge in [-0.3, -0.25) is 14.2 Å². The van der Waals surface area contributed by atoms with Crippen molar-refractivity contribution in [3.05, 3.63) is 85.1 Å². The van der Waals surface area contributed by atoms with Gasteiger partial charge in [-0.1, -0.05) is 241 Å². The standard InChI is InChI=1S/C63H113N2O7P/c1-7-10-13-16-19-22-25-27-28-29-30-31-32-33-34-35-36-38-40-43-46-49-52-55-62(66)64-60(59-71-73(68,69)70-58-57-65(4,5)6)61(54-51-48-45-42-39-24-21-18-15-12-9-3)72-63(67)56-53-50-47-44-41-37-26-23-20-17-14-11-8-2/h10,13,19,22,27-28,30-31,33-34,36,38,51,54,60-61H,7-9,11-12,14-18,20-21,23-26,29,32,35,37,39-50,52-53,55-59H2,1-6H3,(H-,64,66,68,69)/b13-10-,22-19-,28-27-,31-30-,34-33-,38-36-,54-51-. The first-order valence-corrected chi connectivity index (χ1v) is 31.4. The van der Waals surface area contributed by atoms with Gasteiger partial charge in [-0.15, -0.1) is 0 Å². The van der Waals surface area contributed by atoms with Gasteiger partial charge in [0.15, 0.2) is 0 Å². The number of esters is 1. The summed E-state index contributed by atoms with van der Waals surface area (Å²) in [4.78, 5) is 39.9. The minimum Gasteiger partial charge on any atom is -0.756 e. The van der Waals surface area contributed by atoms with E-state index in [1.807, 2.05) is 33.3 Å². The summed E-state index contributed by atoms with van der Waals surface area (Å²) in [7, 11) is 1.16. The number of amides is 1. The summed E-state index contributed by atoms with van der Waals surface area (Å²) in [6.45, 7) is 6.69. The lowest BCUT2D eigenvalue weighted by Crippen LogP contribution is -2.47. The van der Waals surface area contributed by atoms with Crippen molar-refractivity contribution in [1.82, 2.24) is 5.32 Å². The third kappa shape index (κ3) is 53.8. The lowest BCUT2D eigenvalue weighted by molar-refractivity contribution is -0.870. The molecule has 0 aromatic heterocycles. The molecule has 422 valence electrons.